The molecule has 1 aliphatic carbocycles. The van der Waals surface area contributed by atoms with Crippen LogP contribution in [0.15, 0.2) is 30.3 Å². The molecule has 1 N–H and O–H groups in total. The standard InChI is InChI=1S/C20H33N/c1-15-12-17(14-20(5,6)13-15)21-18(19(2,3)4)16-10-8-7-9-11-16/h7-11,15,17-18,21H,12-14H2,1-6H3. The highest BCUT2D eigenvalue weighted by Gasteiger charge is 2.35. The molecule has 0 radical (unpaired) electrons. The lowest BCUT2D eigenvalue weighted by Gasteiger charge is -2.43. The van der Waals surface area contributed by atoms with E-state index in [1.165, 1.54) is 24.8 Å². The van der Waals surface area contributed by atoms with Crippen LogP contribution in [0.4, 0.5) is 0 Å². The van der Waals surface area contributed by atoms with Crippen LogP contribution < -0.4 is 5.32 Å². The van der Waals surface area contributed by atoms with Crippen molar-refractivity contribution in [3.63, 3.8) is 0 Å². The number of nitrogens with one attached hydrogen (secondary N) is 1. The van der Waals surface area contributed by atoms with Crippen molar-refractivity contribution in [2.24, 2.45) is 16.7 Å². The molecular formula is C20H33N. The minimum absolute atomic E-state index is 0.228. The van der Waals surface area contributed by atoms with Gasteiger partial charge in [-0.15, -0.1) is 0 Å². The fourth-order valence-electron chi connectivity index (χ4n) is 4.20. The van der Waals surface area contributed by atoms with Gasteiger partial charge in [-0.25, -0.2) is 0 Å². The maximum absolute atomic E-state index is 4.00. The lowest BCUT2D eigenvalue weighted by atomic mass is 9.70. The van der Waals surface area contributed by atoms with Crippen molar-refractivity contribution in [3.8, 4) is 0 Å². The van der Waals surface area contributed by atoms with Gasteiger partial charge in [-0.2, -0.15) is 0 Å². The highest BCUT2D eigenvalue weighted by molar-refractivity contribution is 5.21. The van der Waals surface area contributed by atoms with Gasteiger partial charge in [0.2, 0.25) is 0 Å². The first-order valence-electron chi connectivity index (χ1n) is 8.48. The zero-order valence-corrected chi connectivity index (χ0v) is 14.7. The van der Waals surface area contributed by atoms with E-state index in [9.17, 15) is 0 Å². The van der Waals surface area contributed by atoms with Crippen molar-refractivity contribution < 1.29 is 0 Å². The summed E-state index contributed by atoms with van der Waals surface area (Å²) in [6.07, 6.45) is 3.95. The third kappa shape index (κ3) is 4.57. The van der Waals surface area contributed by atoms with Gasteiger partial charge in [-0.05, 0) is 41.6 Å². The molecule has 1 saturated carbocycles. The van der Waals surface area contributed by atoms with Crippen molar-refractivity contribution >= 4 is 0 Å². The quantitative estimate of drug-likeness (QED) is 0.765. The SMILES string of the molecule is CC1CC(NC(c2ccccc2)C(C)(C)C)CC(C)(C)C1. The third-order valence-corrected chi connectivity index (χ3v) is 4.79. The van der Waals surface area contributed by atoms with Crippen LogP contribution in [0.3, 0.4) is 0 Å². The van der Waals surface area contributed by atoms with Gasteiger partial charge in [0.15, 0.2) is 0 Å². The van der Waals surface area contributed by atoms with Crippen LogP contribution in [-0.4, -0.2) is 6.04 Å². The average Bonchev–Trinajstić information content (AvgIpc) is 2.33. The number of hydrogen-bond donors (Lipinski definition) is 1. The second kappa shape index (κ2) is 6.12. The minimum atomic E-state index is 0.228. The summed E-state index contributed by atoms with van der Waals surface area (Å²) in [4.78, 5) is 0. The van der Waals surface area contributed by atoms with Gasteiger partial charge in [0, 0.05) is 12.1 Å². The summed E-state index contributed by atoms with van der Waals surface area (Å²) in [5.41, 5.74) is 2.11. The molecule has 0 bridgehead atoms. The lowest BCUT2D eigenvalue weighted by molar-refractivity contribution is 0.126. The number of benzene rings is 1. The Bertz CT molecular complexity index is 441. The molecule has 1 nitrogen and oxygen atoms in total. The monoisotopic (exact) mass is 287 g/mol. The van der Waals surface area contributed by atoms with E-state index in [0.29, 0.717) is 17.5 Å². The predicted molar refractivity (Wildman–Crippen MR) is 92.4 cm³/mol. The second-order valence-electron chi connectivity index (χ2n) is 8.99. The summed E-state index contributed by atoms with van der Waals surface area (Å²) in [5, 5.41) is 4.00. The maximum atomic E-state index is 4.00. The van der Waals surface area contributed by atoms with Gasteiger partial charge < -0.3 is 5.32 Å². The van der Waals surface area contributed by atoms with E-state index in [1.807, 2.05) is 0 Å². The smallest absolute Gasteiger partial charge is 0.0371 e. The summed E-state index contributed by atoms with van der Waals surface area (Å²) >= 11 is 0. The highest BCUT2D eigenvalue weighted by Crippen LogP contribution is 2.41. The second-order valence-corrected chi connectivity index (χ2v) is 8.99. The summed E-state index contributed by atoms with van der Waals surface area (Å²) in [6, 6.07) is 12.0. The molecule has 21 heavy (non-hydrogen) atoms. The molecule has 1 aromatic carbocycles. The van der Waals surface area contributed by atoms with Crippen LogP contribution in [-0.2, 0) is 0 Å². The van der Waals surface area contributed by atoms with Crippen molar-refractivity contribution in [2.75, 3.05) is 0 Å². The molecule has 3 atom stereocenters. The van der Waals surface area contributed by atoms with Crippen LogP contribution in [0.25, 0.3) is 0 Å². The van der Waals surface area contributed by atoms with Crippen LogP contribution in [0.5, 0.6) is 0 Å². The average molecular weight is 287 g/mol. The Balaban J connectivity index is 2.16. The Labute approximate surface area is 131 Å². The highest BCUT2D eigenvalue weighted by atomic mass is 15.0. The van der Waals surface area contributed by atoms with Crippen LogP contribution in [0.2, 0.25) is 0 Å². The molecule has 0 aromatic heterocycles. The van der Waals surface area contributed by atoms with Gasteiger partial charge in [0.25, 0.3) is 0 Å². The number of rotatable bonds is 3. The molecule has 1 fully saturated rings. The minimum Gasteiger partial charge on any atom is -0.307 e. The first-order valence-corrected chi connectivity index (χ1v) is 8.48. The van der Waals surface area contributed by atoms with Gasteiger partial charge in [0.1, 0.15) is 0 Å². The van der Waals surface area contributed by atoms with Gasteiger partial charge >= 0.3 is 0 Å². The number of hydrogen-bond acceptors (Lipinski definition) is 1. The van der Waals surface area contributed by atoms with E-state index in [0.717, 1.165) is 5.92 Å². The van der Waals surface area contributed by atoms with Crippen LogP contribution in [0, 0.1) is 16.7 Å². The van der Waals surface area contributed by atoms with E-state index in [1.54, 1.807) is 0 Å². The first kappa shape index (κ1) is 16.5. The van der Waals surface area contributed by atoms with E-state index in [2.05, 4.69) is 77.2 Å². The van der Waals surface area contributed by atoms with Crippen molar-refractivity contribution in [2.45, 2.75) is 72.9 Å². The summed E-state index contributed by atoms with van der Waals surface area (Å²) in [7, 11) is 0. The Morgan fingerprint density at radius 3 is 2.24 bits per heavy atom. The molecule has 1 aliphatic rings. The molecular weight excluding hydrogens is 254 g/mol. The Morgan fingerprint density at radius 1 is 1.10 bits per heavy atom. The molecule has 3 unspecified atom stereocenters. The molecule has 2 rings (SSSR count). The Hall–Kier alpha value is -0.820. The Kier molecular flexibility index (Phi) is 4.82. The third-order valence-electron chi connectivity index (χ3n) is 4.79. The van der Waals surface area contributed by atoms with Crippen LogP contribution in [0.1, 0.15) is 72.4 Å². The fourth-order valence-corrected chi connectivity index (χ4v) is 4.20. The van der Waals surface area contributed by atoms with Crippen molar-refractivity contribution in [1.82, 2.24) is 5.32 Å². The molecule has 0 amide bonds. The zero-order chi connectivity index (χ0) is 15.7. The predicted octanol–water partition coefficient (Wildman–Crippen LogP) is 5.58. The normalized spacial score (nSPS) is 27.3. The Morgan fingerprint density at radius 2 is 1.71 bits per heavy atom. The summed E-state index contributed by atoms with van der Waals surface area (Å²) in [6.45, 7) is 14.3. The van der Waals surface area contributed by atoms with Gasteiger partial charge in [-0.3, -0.25) is 0 Å². The maximum Gasteiger partial charge on any atom is 0.0371 e. The topological polar surface area (TPSA) is 12.0 Å². The zero-order valence-electron chi connectivity index (χ0n) is 14.7. The molecule has 1 heteroatoms. The molecule has 118 valence electrons. The van der Waals surface area contributed by atoms with Crippen LogP contribution >= 0.6 is 0 Å². The van der Waals surface area contributed by atoms with Gasteiger partial charge in [0.05, 0.1) is 0 Å². The largest absolute Gasteiger partial charge is 0.307 e. The van der Waals surface area contributed by atoms with E-state index < -0.39 is 0 Å². The fraction of sp³-hybridized carbons (Fsp3) is 0.700. The summed E-state index contributed by atoms with van der Waals surface area (Å²) in [5.74, 6) is 0.822. The molecule has 0 heterocycles. The summed E-state index contributed by atoms with van der Waals surface area (Å²) < 4.78 is 0. The molecule has 0 saturated heterocycles. The van der Waals surface area contributed by atoms with E-state index in [4.69, 9.17) is 0 Å². The molecule has 1 aromatic rings. The van der Waals surface area contributed by atoms with Gasteiger partial charge in [-0.1, -0.05) is 71.9 Å². The lowest BCUT2D eigenvalue weighted by Crippen LogP contribution is -2.45. The molecule has 0 aliphatic heterocycles. The molecule has 0 spiro atoms. The first-order chi connectivity index (χ1) is 9.67. The van der Waals surface area contributed by atoms with E-state index >= 15 is 0 Å². The van der Waals surface area contributed by atoms with Crippen molar-refractivity contribution in [3.05, 3.63) is 35.9 Å². The van der Waals surface area contributed by atoms with Crippen molar-refractivity contribution in [1.29, 1.82) is 0 Å². The van der Waals surface area contributed by atoms with E-state index in [-0.39, 0.29) is 5.41 Å².